The summed E-state index contributed by atoms with van der Waals surface area (Å²) in [6, 6.07) is 5.82. The van der Waals surface area contributed by atoms with E-state index in [0.29, 0.717) is 44.1 Å². The van der Waals surface area contributed by atoms with Gasteiger partial charge in [-0.05, 0) is 50.8 Å². The average molecular weight is 458 g/mol. The van der Waals surface area contributed by atoms with Crippen molar-refractivity contribution >= 4 is 42.8 Å². The summed E-state index contributed by atoms with van der Waals surface area (Å²) in [5.74, 6) is 0.608. The minimum Gasteiger partial charge on any atom is -0.460 e. The van der Waals surface area contributed by atoms with Gasteiger partial charge in [-0.1, -0.05) is 18.2 Å². The number of carbonyl (C=O) groups excluding carboxylic acids is 2. The van der Waals surface area contributed by atoms with Gasteiger partial charge in [-0.15, -0.1) is 23.2 Å². The summed E-state index contributed by atoms with van der Waals surface area (Å²) in [6.45, 7) is 9.09. The van der Waals surface area contributed by atoms with E-state index in [0.717, 1.165) is 16.7 Å². The van der Waals surface area contributed by atoms with Crippen molar-refractivity contribution in [1.82, 2.24) is 10.3 Å². The molecule has 30 heavy (non-hydrogen) atoms. The second kappa shape index (κ2) is 14.0. The minimum absolute atomic E-state index is 0.154. The highest BCUT2D eigenvalue weighted by molar-refractivity contribution is 6.64. The molecule has 0 heterocycles. The van der Waals surface area contributed by atoms with Gasteiger partial charge in [-0.2, -0.15) is 5.06 Å². The molecule has 6 nitrogen and oxygen atoms in total. The quantitative estimate of drug-likeness (QED) is 0.152. The molecule has 0 aliphatic heterocycles. The fraction of sp³-hybridized carbons (Fsp3) is 0.619. The molecule has 0 bridgehead atoms. The SMILES string of the molecule is Cc1ccc(CON(CCCl)CCCl)cc1C[C@@H](CC(=O)OC(C)(C)C)N[B]C=O. The van der Waals surface area contributed by atoms with E-state index < -0.39 is 5.60 Å². The summed E-state index contributed by atoms with van der Waals surface area (Å²) < 4.78 is 5.42. The van der Waals surface area contributed by atoms with Crippen LogP contribution in [0, 0.1) is 6.92 Å². The highest BCUT2D eigenvalue weighted by atomic mass is 35.5. The van der Waals surface area contributed by atoms with Crippen molar-refractivity contribution in [3.05, 3.63) is 34.9 Å². The Morgan fingerprint density at radius 2 is 1.93 bits per heavy atom. The van der Waals surface area contributed by atoms with Crippen molar-refractivity contribution in [1.29, 1.82) is 0 Å². The first-order valence-corrected chi connectivity index (χ1v) is 11.1. The van der Waals surface area contributed by atoms with E-state index >= 15 is 0 Å². The van der Waals surface area contributed by atoms with Crippen molar-refractivity contribution in [3.63, 3.8) is 0 Å². The summed E-state index contributed by atoms with van der Waals surface area (Å²) >= 11 is 11.6. The number of hydroxylamine groups is 2. The van der Waals surface area contributed by atoms with E-state index in [1.165, 1.54) is 7.41 Å². The Hall–Kier alpha value is -1.12. The number of hydrogen-bond donors (Lipinski definition) is 1. The lowest BCUT2D eigenvalue weighted by molar-refractivity contribution is -0.162. The van der Waals surface area contributed by atoms with E-state index in [1.807, 2.05) is 39.8 Å². The number of hydrogen-bond acceptors (Lipinski definition) is 6. The number of ether oxygens (including phenoxy) is 1. The fourth-order valence-corrected chi connectivity index (χ4v) is 3.22. The molecule has 1 N–H and O–H groups in total. The molecule has 0 spiro atoms. The molecule has 0 unspecified atom stereocenters. The third-order valence-electron chi connectivity index (χ3n) is 4.19. The monoisotopic (exact) mass is 457 g/mol. The van der Waals surface area contributed by atoms with Gasteiger partial charge in [-0.3, -0.25) is 9.63 Å². The van der Waals surface area contributed by atoms with Gasteiger partial charge in [0.25, 0.3) is 7.41 Å². The van der Waals surface area contributed by atoms with Crippen LogP contribution in [0.1, 0.15) is 43.9 Å². The van der Waals surface area contributed by atoms with Crippen LogP contribution >= 0.6 is 23.2 Å². The standard InChI is InChI=1S/C21H32BCl2N2O4/c1-16-5-6-17(14-29-26(9-7-23)10-8-24)11-18(16)12-19(25-22-15-27)13-20(28)30-21(2,3)4/h5-6,11,15,19,25H,7-10,12-14H2,1-4H3/t19-/m0/s1. The third kappa shape index (κ3) is 11.3. The lowest BCUT2D eigenvalue weighted by atomic mass is 9.91. The van der Waals surface area contributed by atoms with Gasteiger partial charge in [-0.25, -0.2) is 0 Å². The molecule has 1 radical (unpaired) electrons. The number of rotatable bonds is 14. The Morgan fingerprint density at radius 3 is 2.50 bits per heavy atom. The fourth-order valence-electron chi connectivity index (χ4n) is 2.84. The number of esters is 1. The number of carbonyl (C=O) groups is 2. The Kier molecular flexibility index (Phi) is 12.6. The van der Waals surface area contributed by atoms with Gasteiger partial charge in [0.2, 0.25) is 0 Å². The number of alkyl halides is 2. The number of benzene rings is 1. The van der Waals surface area contributed by atoms with E-state index in [2.05, 4.69) is 11.3 Å². The summed E-state index contributed by atoms with van der Waals surface area (Å²) in [7, 11) is 1.31. The first-order valence-electron chi connectivity index (χ1n) is 10.0. The van der Waals surface area contributed by atoms with Crippen LogP contribution in [0.25, 0.3) is 0 Å². The molecule has 0 aliphatic carbocycles. The largest absolute Gasteiger partial charge is 0.460 e. The summed E-state index contributed by atoms with van der Waals surface area (Å²) in [4.78, 5) is 28.9. The van der Waals surface area contributed by atoms with E-state index in [4.69, 9.17) is 32.8 Å². The van der Waals surface area contributed by atoms with E-state index in [1.54, 1.807) is 5.06 Å². The van der Waals surface area contributed by atoms with Crippen molar-refractivity contribution in [2.45, 2.75) is 58.8 Å². The molecule has 0 aromatic heterocycles. The van der Waals surface area contributed by atoms with Crippen molar-refractivity contribution < 1.29 is 19.2 Å². The molecule has 1 atom stereocenters. The van der Waals surface area contributed by atoms with Crippen LogP contribution < -0.4 is 5.23 Å². The van der Waals surface area contributed by atoms with Crippen LogP contribution in [-0.2, 0) is 32.2 Å². The van der Waals surface area contributed by atoms with Crippen LogP contribution in [0.4, 0.5) is 0 Å². The van der Waals surface area contributed by atoms with E-state index in [9.17, 15) is 9.59 Å². The summed E-state index contributed by atoms with van der Waals surface area (Å²) in [5, 5.41) is 4.76. The molecule has 0 saturated heterocycles. The molecule has 1 rings (SSSR count). The molecule has 9 heteroatoms. The van der Waals surface area contributed by atoms with Gasteiger partial charge < -0.3 is 14.8 Å². The highest BCUT2D eigenvalue weighted by Gasteiger charge is 2.21. The lowest BCUT2D eigenvalue weighted by Gasteiger charge is -2.23. The van der Waals surface area contributed by atoms with Gasteiger partial charge >= 0.3 is 5.97 Å². The normalized spacial score (nSPS) is 12.6. The van der Waals surface area contributed by atoms with E-state index in [-0.39, 0.29) is 18.4 Å². The van der Waals surface area contributed by atoms with Crippen LogP contribution in [-0.4, -0.2) is 61.1 Å². The van der Waals surface area contributed by atoms with Crippen LogP contribution in [0.2, 0.25) is 0 Å². The zero-order valence-corrected chi connectivity index (χ0v) is 19.8. The molecule has 0 saturated carbocycles. The lowest BCUT2D eigenvalue weighted by Crippen LogP contribution is -2.38. The first kappa shape index (κ1) is 26.9. The van der Waals surface area contributed by atoms with Gasteiger partial charge in [0.1, 0.15) is 5.60 Å². The topological polar surface area (TPSA) is 67.9 Å². The zero-order valence-electron chi connectivity index (χ0n) is 18.2. The Bertz CT molecular complexity index is 665. The molecule has 1 aromatic rings. The molecule has 0 aliphatic rings. The molecular weight excluding hydrogens is 426 g/mol. The minimum atomic E-state index is -0.554. The van der Waals surface area contributed by atoms with Crippen LogP contribution in [0.5, 0.6) is 0 Å². The van der Waals surface area contributed by atoms with Crippen LogP contribution in [0.15, 0.2) is 18.2 Å². The average Bonchev–Trinajstić information content (AvgIpc) is 2.65. The Morgan fingerprint density at radius 1 is 1.27 bits per heavy atom. The highest BCUT2D eigenvalue weighted by Crippen LogP contribution is 2.17. The maximum Gasteiger partial charge on any atom is 0.307 e. The molecule has 1 aromatic carbocycles. The maximum absolute atomic E-state index is 12.3. The van der Waals surface area contributed by atoms with Crippen molar-refractivity contribution in [2.24, 2.45) is 0 Å². The predicted octanol–water partition coefficient (Wildman–Crippen LogP) is 3.25. The van der Waals surface area contributed by atoms with Gasteiger partial charge in [0, 0.05) is 30.9 Å². The molecule has 0 fully saturated rings. The predicted molar refractivity (Wildman–Crippen MR) is 123 cm³/mol. The third-order valence-corrected chi connectivity index (χ3v) is 4.53. The number of nitrogens with one attached hydrogen (secondary N) is 1. The van der Waals surface area contributed by atoms with Gasteiger partial charge in [0.15, 0.2) is 0 Å². The number of aryl methyl sites for hydroxylation is 1. The molecule has 167 valence electrons. The molecular formula is C21H32BCl2N2O4. The van der Waals surface area contributed by atoms with Gasteiger partial charge in [0.05, 0.1) is 19.2 Å². The number of halogens is 2. The first-order chi connectivity index (χ1) is 14.2. The Labute approximate surface area is 190 Å². The summed E-state index contributed by atoms with van der Waals surface area (Å²) in [6.07, 6.45) is 1.39. The zero-order chi connectivity index (χ0) is 22.6. The Balaban J connectivity index is 2.83. The van der Waals surface area contributed by atoms with Crippen molar-refractivity contribution in [2.75, 3.05) is 24.8 Å². The number of nitrogens with zero attached hydrogens (tertiary/aromatic N) is 1. The second-order valence-electron chi connectivity index (χ2n) is 8.00. The van der Waals surface area contributed by atoms with Crippen molar-refractivity contribution in [3.8, 4) is 0 Å². The smallest absolute Gasteiger partial charge is 0.307 e. The molecule has 0 amide bonds. The maximum atomic E-state index is 12.3. The summed E-state index contributed by atoms with van der Waals surface area (Å²) in [5.41, 5.74) is 2.61. The van der Waals surface area contributed by atoms with Crippen LogP contribution in [0.3, 0.4) is 0 Å². The second-order valence-corrected chi connectivity index (χ2v) is 8.76.